The molecule has 5 unspecified atom stereocenters. The summed E-state index contributed by atoms with van der Waals surface area (Å²) in [5, 5.41) is 14.5. The van der Waals surface area contributed by atoms with Crippen LogP contribution < -0.4 is 10.6 Å². The highest BCUT2D eigenvalue weighted by Gasteiger charge is 2.46. The zero-order chi connectivity index (χ0) is 12.0. The molecular weight excluding hydrogens is 224 g/mol. The molecule has 0 aromatic heterocycles. The maximum absolute atomic E-state index is 11.7. The molecule has 94 valence electrons. The molecule has 3 rings (SSSR count). The molecule has 0 bridgehead atoms. The van der Waals surface area contributed by atoms with Crippen molar-refractivity contribution in [3.8, 4) is 0 Å². The van der Waals surface area contributed by atoms with Gasteiger partial charge in [-0.05, 0) is 31.6 Å². The molecule has 2 aliphatic heterocycles. The monoisotopic (exact) mass is 240 g/mol. The highest BCUT2D eigenvalue weighted by molar-refractivity contribution is 5.98. The second kappa shape index (κ2) is 3.96. The molecular formula is C11H16N2O4. The van der Waals surface area contributed by atoms with E-state index >= 15 is 0 Å². The molecule has 0 aromatic rings. The lowest BCUT2D eigenvalue weighted by Crippen LogP contribution is -2.63. The average molecular weight is 240 g/mol. The first kappa shape index (κ1) is 11.0. The van der Waals surface area contributed by atoms with Gasteiger partial charge in [-0.15, -0.1) is 0 Å². The molecule has 0 radical (unpaired) electrons. The summed E-state index contributed by atoms with van der Waals surface area (Å²) in [4.78, 5) is 22.9. The van der Waals surface area contributed by atoms with Gasteiger partial charge in [0.25, 0.3) is 0 Å². The molecule has 1 aliphatic carbocycles. The number of fused-ring (bicyclic) bond motifs is 2. The number of hydrogen-bond acceptors (Lipinski definition) is 4. The number of nitrogens with one attached hydrogen (secondary N) is 2. The largest absolute Gasteiger partial charge is 0.393 e. The second-order valence-corrected chi connectivity index (χ2v) is 5.13. The summed E-state index contributed by atoms with van der Waals surface area (Å²) in [5.41, 5.74) is 0. The summed E-state index contributed by atoms with van der Waals surface area (Å²) in [7, 11) is 0. The number of ether oxygens (including phenoxy) is 1. The fourth-order valence-corrected chi connectivity index (χ4v) is 3.09. The Labute approximate surface area is 98.7 Å². The van der Waals surface area contributed by atoms with Gasteiger partial charge < -0.3 is 15.2 Å². The molecule has 3 fully saturated rings. The van der Waals surface area contributed by atoms with E-state index in [2.05, 4.69) is 10.6 Å². The molecule has 6 nitrogen and oxygen atoms in total. The van der Waals surface area contributed by atoms with E-state index in [0.717, 1.165) is 19.3 Å². The second-order valence-electron chi connectivity index (χ2n) is 5.13. The van der Waals surface area contributed by atoms with Crippen molar-refractivity contribution in [2.24, 2.45) is 11.8 Å². The van der Waals surface area contributed by atoms with E-state index < -0.39 is 12.3 Å². The number of urea groups is 1. The van der Waals surface area contributed by atoms with Gasteiger partial charge in [0.1, 0.15) is 6.23 Å². The molecule has 0 aromatic carbocycles. The topological polar surface area (TPSA) is 87.7 Å². The number of aliphatic hydroxyl groups excluding tert-OH is 1. The Balaban J connectivity index is 1.75. The molecule has 6 heteroatoms. The van der Waals surface area contributed by atoms with E-state index in [1.165, 1.54) is 0 Å². The quantitative estimate of drug-likeness (QED) is 0.543. The van der Waals surface area contributed by atoms with Gasteiger partial charge in [-0.25, -0.2) is 4.79 Å². The minimum absolute atomic E-state index is 0.0359. The van der Waals surface area contributed by atoms with Crippen LogP contribution >= 0.6 is 0 Å². The lowest BCUT2D eigenvalue weighted by molar-refractivity contribution is -0.168. The fraction of sp³-hybridized carbons (Fsp3) is 0.818. The summed E-state index contributed by atoms with van der Waals surface area (Å²) in [6, 6.07) is -0.494. The number of amides is 3. The first-order chi connectivity index (χ1) is 8.13. The molecule has 5 atom stereocenters. The SMILES string of the molecule is O=C1NC(=O)C2CC3CCC(O)CC3OC2N1. The summed E-state index contributed by atoms with van der Waals surface area (Å²) in [6.45, 7) is 0. The van der Waals surface area contributed by atoms with Crippen molar-refractivity contribution >= 4 is 11.9 Å². The Morgan fingerprint density at radius 3 is 2.88 bits per heavy atom. The van der Waals surface area contributed by atoms with E-state index in [1.54, 1.807) is 0 Å². The number of hydrogen-bond donors (Lipinski definition) is 3. The van der Waals surface area contributed by atoms with Gasteiger partial charge in [0.15, 0.2) is 0 Å². The predicted octanol–water partition coefficient (Wildman–Crippen LogP) is -0.282. The normalized spacial score (nSPS) is 45.4. The van der Waals surface area contributed by atoms with Crippen molar-refractivity contribution in [3.05, 3.63) is 0 Å². The summed E-state index contributed by atoms with van der Waals surface area (Å²) < 4.78 is 5.75. The maximum Gasteiger partial charge on any atom is 0.323 e. The number of carbonyl (C=O) groups is 2. The molecule has 0 spiro atoms. The van der Waals surface area contributed by atoms with Gasteiger partial charge >= 0.3 is 6.03 Å². The molecule has 17 heavy (non-hydrogen) atoms. The van der Waals surface area contributed by atoms with Crippen molar-refractivity contribution in [1.82, 2.24) is 10.6 Å². The van der Waals surface area contributed by atoms with Crippen molar-refractivity contribution in [2.45, 2.75) is 44.1 Å². The number of imide groups is 1. The van der Waals surface area contributed by atoms with Crippen molar-refractivity contribution in [3.63, 3.8) is 0 Å². The van der Waals surface area contributed by atoms with Gasteiger partial charge in [0.2, 0.25) is 5.91 Å². The predicted molar refractivity (Wildman–Crippen MR) is 56.8 cm³/mol. The molecule has 3 N–H and O–H groups in total. The third kappa shape index (κ3) is 1.91. The third-order valence-corrected chi connectivity index (χ3v) is 3.99. The zero-order valence-electron chi connectivity index (χ0n) is 9.39. The van der Waals surface area contributed by atoms with Crippen LogP contribution in [-0.4, -0.2) is 35.5 Å². The van der Waals surface area contributed by atoms with Crippen LogP contribution in [0.3, 0.4) is 0 Å². The van der Waals surface area contributed by atoms with E-state index in [0.29, 0.717) is 12.3 Å². The Morgan fingerprint density at radius 2 is 2.06 bits per heavy atom. The molecule has 3 amide bonds. The minimum Gasteiger partial charge on any atom is -0.393 e. The van der Waals surface area contributed by atoms with Crippen molar-refractivity contribution < 1.29 is 19.4 Å². The number of carbonyl (C=O) groups excluding carboxylic acids is 2. The van der Waals surface area contributed by atoms with Gasteiger partial charge in [0, 0.05) is 0 Å². The van der Waals surface area contributed by atoms with Crippen LogP contribution in [0.5, 0.6) is 0 Å². The van der Waals surface area contributed by atoms with Crippen LogP contribution in [-0.2, 0) is 9.53 Å². The first-order valence-corrected chi connectivity index (χ1v) is 6.08. The van der Waals surface area contributed by atoms with Gasteiger partial charge in [-0.2, -0.15) is 0 Å². The Hall–Kier alpha value is -1.14. The highest BCUT2D eigenvalue weighted by atomic mass is 16.5. The summed E-state index contributed by atoms with van der Waals surface area (Å²) in [5.74, 6) is -0.215. The Bertz CT molecular complexity index is 359. The molecule has 2 heterocycles. The van der Waals surface area contributed by atoms with Crippen molar-refractivity contribution in [1.29, 1.82) is 0 Å². The first-order valence-electron chi connectivity index (χ1n) is 6.08. The van der Waals surface area contributed by atoms with E-state index in [9.17, 15) is 14.7 Å². The van der Waals surface area contributed by atoms with Crippen LogP contribution in [0, 0.1) is 11.8 Å². The smallest absolute Gasteiger partial charge is 0.323 e. The Kier molecular flexibility index (Phi) is 2.56. The van der Waals surface area contributed by atoms with Gasteiger partial charge in [-0.1, -0.05) is 0 Å². The maximum atomic E-state index is 11.7. The van der Waals surface area contributed by atoms with E-state index in [1.807, 2.05) is 0 Å². The van der Waals surface area contributed by atoms with Crippen molar-refractivity contribution in [2.75, 3.05) is 0 Å². The fourth-order valence-electron chi connectivity index (χ4n) is 3.09. The van der Waals surface area contributed by atoms with Crippen LogP contribution in [0.15, 0.2) is 0 Å². The van der Waals surface area contributed by atoms with E-state index in [-0.39, 0.29) is 24.0 Å². The molecule has 3 aliphatic rings. The lowest BCUT2D eigenvalue weighted by Gasteiger charge is -2.45. The van der Waals surface area contributed by atoms with Crippen LogP contribution in [0.1, 0.15) is 25.7 Å². The van der Waals surface area contributed by atoms with Gasteiger partial charge in [0.05, 0.1) is 18.1 Å². The van der Waals surface area contributed by atoms with Gasteiger partial charge in [-0.3, -0.25) is 10.1 Å². The summed E-state index contributed by atoms with van der Waals surface area (Å²) >= 11 is 0. The molecule has 1 saturated carbocycles. The standard InChI is InChI=1S/C11H16N2O4/c14-6-2-1-5-3-7-9(15)12-11(16)13-10(7)17-8(5)4-6/h5-8,10,14H,1-4H2,(H2,12,13,15,16). The zero-order valence-corrected chi connectivity index (χ0v) is 9.39. The minimum atomic E-state index is -0.525. The summed E-state index contributed by atoms with van der Waals surface area (Å²) in [6.07, 6.45) is 2.11. The highest BCUT2D eigenvalue weighted by Crippen LogP contribution is 2.38. The third-order valence-electron chi connectivity index (χ3n) is 3.99. The number of rotatable bonds is 0. The van der Waals surface area contributed by atoms with Crippen LogP contribution in [0.4, 0.5) is 4.79 Å². The lowest BCUT2D eigenvalue weighted by atomic mass is 9.76. The van der Waals surface area contributed by atoms with Crippen LogP contribution in [0.25, 0.3) is 0 Å². The molecule has 2 saturated heterocycles. The van der Waals surface area contributed by atoms with Crippen LogP contribution in [0.2, 0.25) is 0 Å². The number of aliphatic hydroxyl groups is 1. The average Bonchev–Trinajstić information content (AvgIpc) is 2.26. The van der Waals surface area contributed by atoms with E-state index in [4.69, 9.17) is 4.74 Å². The Morgan fingerprint density at radius 1 is 1.24 bits per heavy atom.